The van der Waals surface area contributed by atoms with Crippen molar-refractivity contribution < 1.29 is 8.42 Å². The van der Waals surface area contributed by atoms with Gasteiger partial charge in [-0.2, -0.15) is 0 Å². The van der Waals surface area contributed by atoms with Crippen molar-refractivity contribution in [1.82, 2.24) is 0 Å². The molecule has 0 heterocycles. The summed E-state index contributed by atoms with van der Waals surface area (Å²) in [6, 6.07) is 0. The Hall–Kier alpha value is -0.0900. The highest BCUT2D eigenvalue weighted by atomic mass is 32.2. The number of rotatable bonds is 4. The van der Waals surface area contributed by atoms with Crippen LogP contribution in [-0.4, -0.2) is 26.0 Å². The van der Waals surface area contributed by atoms with Crippen molar-refractivity contribution in [1.29, 1.82) is 0 Å². The van der Waals surface area contributed by atoms with Crippen LogP contribution in [0.4, 0.5) is 0 Å². The lowest BCUT2D eigenvalue weighted by atomic mass is 9.93. The summed E-state index contributed by atoms with van der Waals surface area (Å²) in [6.45, 7) is 0. The molecular formula is C9H19NO2S. The molecule has 0 saturated heterocycles. The van der Waals surface area contributed by atoms with Gasteiger partial charge < -0.3 is 5.73 Å². The molecule has 0 radical (unpaired) electrons. The summed E-state index contributed by atoms with van der Waals surface area (Å²) in [6.07, 6.45) is 7.40. The zero-order valence-corrected chi connectivity index (χ0v) is 9.07. The molecule has 0 amide bonds. The van der Waals surface area contributed by atoms with Crippen LogP contribution < -0.4 is 5.73 Å². The molecule has 3 nitrogen and oxygen atoms in total. The Morgan fingerprint density at radius 3 is 2.31 bits per heavy atom. The Labute approximate surface area is 80.6 Å². The van der Waals surface area contributed by atoms with Gasteiger partial charge in [0, 0.05) is 17.5 Å². The molecule has 0 bridgehead atoms. The second-order valence-corrected chi connectivity index (χ2v) is 6.56. The quantitative estimate of drug-likeness (QED) is 0.747. The van der Waals surface area contributed by atoms with Crippen molar-refractivity contribution in [3.8, 4) is 0 Å². The third-order valence-corrected chi connectivity index (χ3v) is 3.82. The van der Waals surface area contributed by atoms with E-state index in [4.69, 9.17) is 5.73 Å². The van der Waals surface area contributed by atoms with E-state index >= 15 is 0 Å². The van der Waals surface area contributed by atoms with Crippen LogP contribution in [0.1, 0.15) is 38.5 Å². The summed E-state index contributed by atoms with van der Waals surface area (Å²) in [5, 5.41) is 0. The standard InChI is InChI=1S/C9H19NO2S/c1-13(11,12)8-4-7-9(10)5-2-3-6-9/h2-8,10H2,1H3. The number of nitrogens with two attached hydrogens (primary N) is 1. The van der Waals surface area contributed by atoms with Gasteiger partial charge in [-0.05, 0) is 25.7 Å². The summed E-state index contributed by atoms with van der Waals surface area (Å²) in [7, 11) is -2.80. The molecule has 0 spiro atoms. The fourth-order valence-electron chi connectivity index (χ4n) is 2.02. The monoisotopic (exact) mass is 205 g/mol. The lowest BCUT2D eigenvalue weighted by Crippen LogP contribution is -2.36. The van der Waals surface area contributed by atoms with Crippen molar-refractivity contribution in [3.63, 3.8) is 0 Å². The maximum absolute atomic E-state index is 10.9. The predicted octanol–water partition coefficient (Wildman–Crippen LogP) is 1.08. The Bertz CT molecular complexity index is 253. The molecule has 0 atom stereocenters. The normalized spacial score (nSPS) is 22.0. The minimum Gasteiger partial charge on any atom is -0.325 e. The third-order valence-electron chi connectivity index (χ3n) is 2.79. The predicted molar refractivity (Wildman–Crippen MR) is 54.3 cm³/mol. The van der Waals surface area contributed by atoms with E-state index in [1.807, 2.05) is 0 Å². The van der Waals surface area contributed by atoms with Crippen LogP contribution in [0.3, 0.4) is 0 Å². The van der Waals surface area contributed by atoms with Gasteiger partial charge in [-0.3, -0.25) is 0 Å². The molecule has 1 saturated carbocycles. The van der Waals surface area contributed by atoms with Gasteiger partial charge in [-0.1, -0.05) is 12.8 Å². The molecule has 1 aliphatic rings. The van der Waals surface area contributed by atoms with Crippen LogP contribution in [0.2, 0.25) is 0 Å². The fraction of sp³-hybridized carbons (Fsp3) is 1.00. The van der Waals surface area contributed by atoms with Gasteiger partial charge in [0.05, 0.1) is 0 Å². The van der Waals surface area contributed by atoms with Gasteiger partial charge in [0.25, 0.3) is 0 Å². The summed E-state index contributed by atoms with van der Waals surface area (Å²) in [4.78, 5) is 0. The zero-order chi connectivity index (χ0) is 9.95. The lowest BCUT2D eigenvalue weighted by Gasteiger charge is -2.22. The number of hydrogen-bond acceptors (Lipinski definition) is 3. The Kier molecular flexibility index (Phi) is 3.35. The number of sulfone groups is 1. The van der Waals surface area contributed by atoms with Crippen molar-refractivity contribution >= 4 is 9.84 Å². The first kappa shape index (κ1) is 11.0. The van der Waals surface area contributed by atoms with Crippen LogP contribution in [0, 0.1) is 0 Å². The molecule has 0 unspecified atom stereocenters. The molecule has 0 aliphatic heterocycles. The van der Waals surface area contributed by atoms with Gasteiger partial charge >= 0.3 is 0 Å². The maximum atomic E-state index is 10.9. The molecule has 0 aromatic carbocycles. The van der Waals surface area contributed by atoms with E-state index in [0.29, 0.717) is 0 Å². The number of hydrogen-bond donors (Lipinski definition) is 1. The topological polar surface area (TPSA) is 60.2 Å². The van der Waals surface area contributed by atoms with Crippen LogP contribution in [0.5, 0.6) is 0 Å². The van der Waals surface area contributed by atoms with Crippen LogP contribution in [-0.2, 0) is 9.84 Å². The molecule has 1 rings (SSSR count). The van der Waals surface area contributed by atoms with Crippen molar-refractivity contribution in [2.45, 2.75) is 44.1 Å². The third kappa shape index (κ3) is 4.09. The summed E-state index contributed by atoms with van der Waals surface area (Å²) in [5.41, 5.74) is 6.04. The van der Waals surface area contributed by atoms with Gasteiger partial charge in [-0.25, -0.2) is 8.42 Å². The first-order chi connectivity index (χ1) is 5.91. The molecule has 1 aliphatic carbocycles. The second kappa shape index (κ2) is 3.96. The van der Waals surface area contributed by atoms with Crippen LogP contribution in [0.25, 0.3) is 0 Å². The molecule has 0 aromatic heterocycles. The first-order valence-electron chi connectivity index (χ1n) is 4.88. The SMILES string of the molecule is CS(=O)(=O)CCCC1(N)CCCC1. The van der Waals surface area contributed by atoms with E-state index in [1.165, 1.54) is 19.1 Å². The molecule has 4 heteroatoms. The summed E-state index contributed by atoms with van der Waals surface area (Å²) >= 11 is 0. The average molecular weight is 205 g/mol. The molecular weight excluding hydrogens is 186 g/mol. The minimum absolute atomic E-state index is 0.0509. The molecule has 1 fully saturated rings. The van der Waals surface area contributed by atoms with Gasteiger partial charge in [0.2, 0.25) is 0 Å². The Morgan fingerprint density at radius 2 is 1.85 bits per heavy atom. The highest BCUT2D eigenvalue weighted by Gasteiger charge is 2.28. The van der Waals surface area contributed by atoms with E-state index in [9.17, 15) is 8.42 Å². The average Bonchev–Trinajstić information content (AvgIpc) is 2.33. The van der Waals surface area contributed by atoms with E-state index in [1.54, 1.807) is 0 Å². The molecule has 0 aromatic rings. The van der Waals surface area contributed by atoms with E-state index in [-0.39, 0.29) is 11.3 Å². The highest BCUT2D eigenvalue weighted by Crippen LogP contribution is 2.30. The van der Waals surface area contributed by atoms with Gasteiger partial charge in [0.1, 0.15) is 9.84 Å². The smallest absolute Gasteiger partial charge is 0.147 e. The minimum atomic E-state index is -2.80. The summed E-state index contributed by atoms with van der Waals surface area (Å²) < 4.78 is 21.7. The highest BCUT2D eigenvalue weighted by molar-refractivity contribution is 7.90. The fourth-order valence-corrected chi connectivity index (χ4v) is 2.68. The second-order valence-electron chi connectivity index (χ2n) is 4.30. The molecule has 13 heavy (non-hydrogen) atoms. The van der Waals surface area contributed by atoms with Crippen molar-refractivity contribution in [3.05, 3.63) is 0 Å². The zero-order valence-electron chi connectivity index (χ0n) is 8.25. The van der Waals surface area contributed by atoms with Crippen molar-refractivity contribution in [2.24, 2.45) is 5.73 Å². The Morgan fingerprint density at radius 1 is 1.31 bits per heavy atom. The Balaban J connectivity index is 2.26. The van der Waals surface area contributed by atoms with Crippen LogP contribution >= 0.6 is 0 Å². The van der Waals surface area contributed by atoms with E-state index in [0.717, 1.165) is 25.7 Å². The maximum Gasteiger partial charge on any atom is 0.147 e. The van der Waals surface area contributed by atoms with E-state index < -0.39 is 9.84 Å². The molecule has 2 N–H and O–H groups in total. The van der Waals surface area contributed by atoms with Crippen LogP contribution in [0.15, 0.2) is 0 Å². The summed E-state index contributed by atoms with van der Waals surface area (Å²) in [5.74, 6) is 0.284. The largest absolute Gasteiger partial charge is 0.325 e. The van der Waals surface area contributed by atoms with Crippen molar-refractivity contribution in [2.75, 3.05) is 12.0 Å². The van der Waals surface area contributed by atoms with Gasteiger partial charge in [-0.15, -0.1) is 0 Å². The van der Waals surface area contributed by atoms with Gasteiger partial charge in [0.15, 0.2) is 0 Å². The molecule has 78 valence electrons. The first-order valence-corrected chi connectivity index (χ1v) is 6.94. The van der Waals surface area contributed by atoms with E-state index in [2.05, 4.69) is 0 Å². The lowest BCUT2D eigenvalue weighted by molar-refractivity contribution is 0.401.